The Labute approximate surface area is 221 Å². The van der Waals surface area contributed by atoms with Gasteiger partial charge >= 0.3 is 0 Å². The van der Waals surface area contributed by atoms with Crippen molar-refractivity contribution in [2.45, 2.75) is 24.3 Å². The highest BCUT2D eigenvalue weighted by Gasteiger charge is 2.48. The molecule has 0 radical (unpaired) electrons. The lowest BCUT2D eigenvalue weighted by Crippen LogP contribution is -2.46. The third kappa shape index (κ3) is 5.32. The molecule has 3 heterocycles. The van der Waals surface area contributed by atoms with E-state index in [0.717, 1.165) is 16.9 Å². The number of nitrogens with one attached hydrogen (secondary N) is 3. The first-order chi connectivity index (χ1) is 18.2. The van der Waals surface area contributed by atoms with Crippen molar-refractivity contribution < 1.29 is 9.47 Å². The van der Waals surface area contributed by atoms with Gasteiger partial charge in [-0.05, 0) is 41.5 Å². The van der Waals surface area contributed by atoms with Gasteiger partial charge in [-0.25, -0.2) is 9.97 Å². The molecule has 2 saturated heterocycles. The van der Waals surface area contributed by atoms with Crippen molar-refractivity contribution in [3.05, 3.63) is 97.2 Å². The summed E-state index contributed by atoms with van der Waals surface area (Å²) >= 11 is 5.49. The lowest BCUT2D eigenvalue weighted by Gasteiger charge is -2.20. The van der Waals surface area contributed by atoms with Gasteiger partial charge in [0.15, 0.2) is 5.11 Å². The van der Waals surface area contributed by atoms with Crippen LogP contribution < -0.4 is 16.0 Å². The van der Waals surface area contributed by atoms with Crippen LogP contribution in [0.1, 0.15) is 0 Å². The van der Waals surface area contributed by atoms with Gasteiger partial charge in [0, 0.05) is 17.4 Å². The zero-order valence-electron chi connectivity index (χ0n) is 20.1. The fourth-order valence-electron chi connectivity index (χ4n) is 4.82. The molecule has 6 rings (SSSR count). The first-order valence-electron chi connectivity index (χ1n) is 12.3. The largest absolute Gasteiger partial charge is 0.371 e. The molecule has 7 nitrogen and oxygen atoms in total. The van der Waals surface area contributed by atoms with Gasteiger partial charge in [-0.3, -0.25) is 0 Å². The molecule has 2 aliphatic heterocycles. The minimum Gasteiger partial charge on any atom is -0.371 e. The van der Waals surface area contributed by atoms with E-state index in [4.69, 9.17) is 26.7 Å². The summed E-state index contributed by atoms with van der Waals surface area (Å²) in [6.07, 6.45) is 1.55. The van der Waals surface area contributed by atoms with Crippen molar-refractivity contribution >= 4 is 29.0 Å². The predicted molar refractivity (Wildman–Crippen MR) is 149 cm³/mol. The first-order valence-corrected chi connectivity index (χ1v) is 12.7. The molecule has 8 heteroatoms. The van der Waals surface area contributed by atoms with Gasteiger partial charge in [0.05, 0.1) is 31.0 Å². The van der Waals surface area contributed by atoms with Crippen LogP contribution in [0.15, 0.2) is 97.2 Å². The van der Waals surface area contributed by atoms with E-state index in [1.807, 2.05) is 54.6 Å². The molecule has 0 amide bonds. The molecule has 37 heavy (non-hydrogen) atoms. The number of hydrogen-bond donors (Lipinski definition) is 3. The number of benzene rings is 3. The fourth-order valence-corrected chi connectivity index (χ4v) is 5.09. The SMILES string of the molecule is S=C(Nc1ccccc1)NC1COC2C(Nc3nccc(-c4ccc(-c5ccccc5)cc4)n3)COC12. The molecule has 0 bridgehead atoms. The average Bonchev–Trinajstić information content (AvgIpc) is 3.53. The molecule has 2 fully saturated rings. The summed E-state index contributed by atoms with van der Waals surface area (Å²) in [6.45, 7) is 1.02. The molecule has 4 atom stereocenters. The minimum absolute atomic E-state index is 0.0316. The Morgan fingerprint density at radius 3 is 2.11 bits per heavy atom. The van der Waals surface area contributed by atoms with E-state index in [0.29, 0.717) is 24.3 Å². The van der Waals surface area contributed by atoms with Gasteiger partial charge in [-0.2, -0.15) is 0 Å². The molecule has 3 N–H and O–H groups in total. The number of rotatable bonds is 6. The lowest BCUT2D eigenvalue weighted by molar-refractivity contribution is 0.0689. The topological polar surface area (TPSA) is 80.3 Å². The van der Waals surface area contributed by atoms with Crippen molar-refractivity contribution in [1.29, 1.82) is 0 Å². The lowest BCUT2D eigenvalue weighted by atomic mass is 10.0. The standard InChI is InChI=1S/C29H27N5O2S/c37-29(31-22-9-5-2-6-10-22)34-25-18-36-26-24(17-35-27(25)26)33-28-30-16-15-23(32-28)21-13-11-20(12-14-21)19-7-3-1-4-8-19/h1-16,24-27H,17-18H2,(H,30,32,33)(H2,31,34,37). The average molecular weight is 510 g/mol. The van der Waals surface area contributed by atoms with Crippen molar-refractivity contribution in [3.8, 4) is 22.4 Å². The molecular weight excluding hydrogens is 482 g/mol. The number of nitrogens with zero attached hydrogens (tertiary/aromatic N) is 2. The molecule has 4 unspecified atom stereocenters. The first kappa shape index (κ1) is 23.5. The van der Waals surface area contributed by atoms with Gasteiger partial charge in [0.1, 0.15) is 12.2 Å². The molecule has 0 aliphatic carbocycles. The van der Waals surface area contributed by atoms with Crippen LogP contribution in [0, 0.1) is 0 Å². The quantitative estimate of drug-likeness (QED) is 0.322. The normalized spacial score (nSPS) is 22.3. The Kier molecular flexibility index (Phi) is 6.77. The highest BCUT2D eigenvalue weighted by Crippen LogP contribution is 2.29. The number of fused-ring (bicyclic) bond motifs is 1. The molecule has 0 saturated carbocycles. The van der Waals surface area contributed by atoms with Gasteiger partial charge < -0.3 is 25.4 Å². The van der Waals surface area contributed by atoms with Crippen molar-refractivity contribution in [3.63, 3.8) is 0 Å². The van der Waals surface area contributed by atoms with Gasteiger partial charge in [-0.15, -0.1) is 0 Å². The van der Waals surface area contributed by atoms with Gasteiger partial charge in [-0.1, -0.05) is 72.8 Å². The van der Waals surface area contributed by atoms with Crippen molar-refractivity contribution in [1.82, 2.24) is 15.3 Å². The number of anilines is 2. The summed E-state index contributed by atoms with van der Waals surface area (Å²) in [4.78, 5) is 9.20. The summed E-state index contributed by atoms with van der Waals surface area (Å²) in [5.41, 5.74) is 5.19. The van der Waals surface area contributed by atoms with Crippen LogP contribution >= 0.6 is 12.2 Å². The number of hydrogen-bond acceptors (Lipinski definition) is 6. The van der Waals surface area contributed by atoms with E-state index in [1.54, 1.807) is 6.20 Å². The van der Waals surface area contributed by atoms with E-state index in [2.05, 4.69) is 57.3 Å². The highest BCUT2D eigenvalue weighted by atomic mass is 32.1. The second-order valence-electron chi connectivity index (χ2n) is 9.13. The molecule has 1 aromatic heterocycles. The van der Waals surface area contributed by atoms with Crippen LogP contribution in [0.2, 0.25) is 0 Å². The molecule has 4 aromatic rings. The van der Waals surface area contributed by atoms with E-state index >= 15 is 0 Å². The Bertz CT molecular complexity index is 1350. The summed E-state index contributed by atoms with van der Waals surface area (Å²) in [5, 5.41) is 10.5. The van der Waals surface area contributed by atoms with Crippen LogP contribution in [0.25, 0.3) is 22.4 Å². The predicted octanol–water partition coefficient (Wildman–Crippen LogP) is 4.74. The van der Waals surface area contributed by atoms with Crippen molar-refractivity contribution in [2.24, 2.45) is 0 Å². The van der Waals surface area contributed by atoms with Crippen LogP contribution in [-0.2, 0) is 9.47 Å². The maximum Gasteiger partial charge on any atom is 0.223 e. The van der Waals surface area contributed by atoms with E-state index < -0.39 is 0 Å². The molecule has 3 aromatic carbocycles. The van der Waals surface area contributed by atoms with E-state index in [9.17, 15) is 0 Å². The van der Waals surface area contributed by atoms with Crippen LogP contribution in [0.4, 0.5) is 11.6 Å². The number of para-hydroxylation sites is 1. The second-order valence-corrected chi connectivity index (χ2v) is 9.53. The fraction of sp³-hybridized carbons (Fsp3) is 0.207. The Morgan fingerprint density at radius 2 is 1.35 bits per heavy atom. The number of aromatic nitrogens is 2. The summed E-state index contributed by atoms with van der Waals surface area (Å²) in [5.74, 6) is 0.556. The molecule has 2 aliphatic rings. The van der Waals surface area contributed by atoms with Crippen LogP contribution in [0.3, 0.4) is 0 Å². The number of thiocarbonyl (C=S) groups is 1. The summed E-state index contributed by atoms with van der Waals surface area (Å²) < 4.78 is 12.2. The monoisotopic (exact) mass is 509 g/mol. The third-order valence-corrected chi connectivity index (χ3v) is 6.88. The molecule has 0 spiro atoms. The summed E-state index contributed by atoms with van der Waals surface area (Å²) in [6, 6.07) is 30.4. The third-order valence-electron chi connectivity index (χ3n) is 6.66. The zero-order valence-corrected chi connectivity index (χ0v) is 20.9. The molecule has 186 valence electrons. The second kappa shape index (κ2) is 10.6. The van der Waals surface area contributed by atoms with Gasteiger partial charge in [0.2, 0.25) is 5.95 Å². The minimum atomic E-state index is -0.116. The van der Waals surface area contributed by atoms with Crippen LogP contribution in [0.5, 0.6) is 0 Å². The Morgan fingerprint density at radius 1 is 0.730 bits per heavy atom. The summed E-state index contributed by atoms with van der Waals surface area (Å²) in [7, 11) is 0. The zero-order chi connectivity index (χ0) is 25.0. The highest BCUT2D eigenvalue weighted by molar-refractivity contribution is 7.80. The van der Waals surface area contributed by atoms with E-state index in [-0.39, 0.29) is 24.3 Å². The van der Waals surface area contributed by atoms with Crippen LogP contribution in [-0.4, -0.2) is 52.6 Å². The Balaban J connectivity index is 1.08. The maximum absolute atomic E-state index is 6.10. The smallest absolute Gasteiger partial charge is 0.223 e. The van der Waals surface area contributed by atoms with Crippen molar-refractivity contribution in [2.75, 3.05) is 23.8 Å². The van der Waals surface area contributed by atoms with Gasteiger partial charge in [0.25, 0.3) is 0 Å². The number of ether oxygens (including phenoxy) is 2. The Hall–Kier alpha value is -3.85. The maximum atomic E-state index is 6.10. The van der Waals surface area contributed by atoms with E-state index in [1.165, 1.54) is 11.1 Å². The molecular formula is C29H27N5O2S.